The largest absolute Gasteiger partial charge is 0.481 e. The van der Waals surface area contributed by atoms with Crippen molar-refractivity contribution >= 4 is 17.8 Å². The molecule has 0 aromatic heterocycles. The third-order valence-electron chi connectivity index (χ3n) is 3.26. The van der Waals surface area contributed by atoms with Crippen LogP contribution in [0.2, 0.25) is 0 Å². The molecule has 0 aromatic carbocycles. The van der Waals surface area contributed by atoms with Crippen LogP contribution in [0.1, 0.15) is 0 Å². The van der Waals surface area contributed by atoms with Crippen LogP contribution in [-0.4, -0.2) is 48.7 Å². The molecule has 96 valence electrons. The topological polar surface area (TPSA) is 116 Å². The maximum Gasteiger partial charge on any atom is 0.307 e. The number of hydrogen-bond acceptors (Lipinski definition) is 4. The van der Waals surface area contributed by atoms with Crippen molar-refractivity contribution in [3.63, 3.8) is 0 Å². The maximum absolute atomic E-state index is 11.5. The number of carbonyl (C=O) groups excluding carboxylic acids is 1. The number of carboxylic acid groups (broad SMARTS) is 2. The number of aliphatic carboxylic acids is 2. The maximum atomic E-state index is 11.5. The molecule has 0 bridgehead atoms. The summed E-state index contributed by atoms with van der Waals surface area (Å²) >= 11 is 0. The summed E-state index contributed by atoms with van der Waals surface area (Å²) in [6, 6.07) is 0. The van der Waals surface area contributed by atoms with Gasteiger partial charge in [-0.25, -0.2) is 0 Å². The van der Waals surface area contributed by atoms with E-state index in [0.717, 1.165) is 0 Å². The molecule has 0 radical (unpaired) electrons. The second-order valence-corrected chi connectivity index (χ2v) is 4.09. The lowest BCUT2D eigenvalue weighted by Crippen LogP contribution is -2.61. The van der Waals surface area contributed by atoms with E-state index in [4.69, 9.17) is 10.2 Å². The number of nitrogens with one attached hydrogen (secondary N) is 2. The highest BCUT2D eigenvalue weighted by Crippen LogP contribution is 2.46. The normalized spacial score (nSPS) is 31.4. The molecule has 1 aliphatic rings. The van der Waals surface area contributed by atoms with E-state index in [1.165, 1.54) is 7.05 Å². The van der Waals surface area contributed by atoms with Gasteiger partial charge in [-0.05, 0) is 19.5 Å². The van der Waals surface area contributed by atoms with E-state index < -0.39 is 41.5 Å². The first-order chi connectivity index (χ1) is 7.95. The zero-order chi connectivity index (χ0) is 13.2. The first-order valence-corrected chi connectivity index (χ1v) is 5.27. The van der Waals surface area contributed by atoms with Gasteiger partial charge in [0.25, 0.3) is 0 Å². The fraction of sp³-hybridized carbons (Fsp3) is 0.700. The van der Waals surface area contributed by atoms with Gasteiger partial charge in [0.15, 0.2) is 0 Å². The third-order valence-corrected chi connectivity index (χ3v) is 3.26. The van der Waals surface area contributed by atoms with Gasteiger partial charge in [0, 0.05) is 7.05 Å². The first kappa shape index (κ1) is 13.4. The van der Waals surface area contributed by atoms with Gasteiger partial charge in [-0.3, -0.25) is 14.4 Å². The molecular weight excluding hydrogens is 228 g/mol. The van der Waals surface area contributed by atoms with Crippen molar-refractivity contribution in [2.75, 3.05) is 20.6 Å². The summed E-state index contributed by atoms with van der Waals surface area (Å²) in [6.45, 7) is 0.265. The molecule has 2 unspecified atom stereocenters. The lowest BCUT2D eigenvalue weighted by atomic mass is 9.56. The van der Waals surface area contributed by atoms with Crippen LogP contribution in [0.4, 0.5) is 0 Å². The smallest absolute Gasteiger partial charge is 0.307 e. The summed E-state index contributed by atoms with van der Waals surface area (Å²) < 4.78 is 0. The lowest BCUT2D eigenvalue weighted by molar-refractivity contribution is -0.176. The molecule has 1 rings (SSSR count). The van der Waals surface area contributed by atoms with Crippen LogP contribution in [0.5, 0.6) is 0 Å². The molecule has 0 spiro atoms. The molecule has 0 saturated heterocycles. The number of carboxylic acids is 2. The van der Waals surface area contributed by atoms with Crippen molar-refractivity contribution in [1.82, 2.24) is 10.6 Å². The Kier molecular flexibility index (Phi) is 4.06. The minimum absolute atomic E-state index is 0.265. The highest BCUT2D eigenvalue weighted by molar-refractivity contribution is 5.92. The summed E-state index contributed by atoms with van der Waals surface area (Å²) in [6.07, 6.45) is 0. The van der Waals surface area contributed by atoms with Crippen LogP contribution < -0.4 is 10.6 Å². The molecule has 4 N–H and O–H groups in total. The van der Waals surface area contributed by atoms with Gasteiger partial charge < -0.3 is 20.8 Å². The molecule has 0 aromatic rings. The molecule has 7 nitrogen and oxygen atoms in total. The van der Waals surface area contributed by atoms with Crippen LogP contribution in [0.25, 0.3) is 0 Å². The predicted molar refractivity (Wildman–Crippen MR) is 57.2 cm³/mol. The van der Waals surface area contributed by atoms with Gasteiger partial charge in [0.1, 0.15) is 0 Å². The molecular formula is C10H16N2O5. The summed E-state index contributed by atoms with van der Waals surface area (Å²) in [7, 11) is 2.98. The van der Waals surface area contributed by atoms with Gasteiger partial charge in [-0.1, -0.05) is 0 Å². The fourth-order valence-corrected chi connectivity index (χ4v) is 2.49. The zero-order valence-electron chi connectivity index (χ0n) is 9.64. The van der Waals surface area contributed by atoms with E-state index >= 15 is 0 Å². The first-order valence-electron chi connectivity index (χ1n) is 5.27. The monoisotopic (exact) mass is 244 g/mol. The van der Waals surface area contributed by atoms with Crippen molar-refractivity contribution in [3.8, 4) is 0 Å². The van der Waals surface area contributed by atoms with Crippen LogP contribution >= 0.6 is 0 Å². The van der Waals surface area contributed by atoms with Crippen LogP contribution in [-0.2, 0) is 14.4 Å². The van der Waals surface area contributed by atoms with E-state index in [-0.39, 0.29) is 6.54 Å². The SMILES string of the molecule is CNCC1C(C(=O)O)C(C(=O)NC)C1C(=O)O. The average Bonchev–Trinajstić information content (AvgIpc) is 2.21. The molecule has 0 aliphatic heterocycles. The standard InChI is InChI=1S/C10H16N2O5/c1-11-3-4-5(9(14)15)7(8(13)12-2)6(4)10(16)17/h4-7,11H,3H2,1-2H3,(H,12,13)(H,14,15)(H,16,17). The van der Waals surface area contributed by atoms with E-state index in [0.29, 0.717) is 0 Å². The van der Waals surface area contributed by atoms with Crippen molar-refractivity contribution in [2.45, 2.75) is 0 Å². The summed E-state index contributed by atoms with van der Waals surface area (Å²) in [5.74, 6) is -6.22. The molecule has 17 heavy (non-hydrogen) atoms. The molecule has 7 heteroatoms. The molecule has 2 atom stereocenters. The molecule has 1 aliphatic carbocycles. The van der Waals surface area contributed by atoms with Gasteiger partial charge >= 0.3 is 11.9 Å². The van der Waals surface area contributed by atoms with Crippen LogP contribution in [0.15, 0.2) is 0 Å². The second kappa shape index (κ2) is 5.13. The molecule has 1 saturated carbocycles. The Morgan fingerprint density at radius 1 is 1.00 bits per heavy atom. The Morgan fingerprint density at radius 2 is 1.47 bits per heavy atom. The third kappa shape index (κ3) is 2.23. The lowest BCUT2D eigenvalue weighted by Gasteiger charge is -2.46. The summed E-state index contributed by atoms with van der Waals surface area (Å²) in [5.41, 5.74) is 0. The van der Waals surface area contributed by atoms with E-state index in [1.807, 2.05) is 0 Å². The summed E-state index contributed by atoms with van der Waals surface area (Å²) in [4.78, 5) is 33.6. The Hall–Kier alpha value is -1.63. The number of carbonyl (C=O) groups is 3. The van der Waals surface area contributed by atoms with Crippen LogP contribution in [0, 0.1) is 23.7 Å². The Labute approximate surface area is 98.2 Å². The van der Waals surface area contributed by atoms with Crippen LogP contribution in [0.3, 0.4) is 0 Å². The van der Waals surface area contributed by atoms with Gasteiger partial charge in [0.2, 0.25) is 5.91 Å². The van der Waals surface area contributed by atoms with E-state index in [9.17, 15) is 14.4 Å². The molecule has 1 fully saturated rings. The Morgan fingerprint density at radius 3 is 1.76 bits per heavy atom. The van der Waals surface area contributed by atoms with Gasteiger partial charge in [-0.15, -0.1) is 0 Å². The highest BCUT2D eigenvalue weighted by Gasteiger charge is 2.60. The van der Waals surface area contributed by atoms with Gasteiger partial charge in [-0.2, -0.15) is 0 Å². The minimum atomic E-state index is -1.13. The fourth-order valence-electron chi connectivity index (χ4n) is 2.49. The predicted octanol–water partition coefficient (Wildman–Crippen LogP) is -1.40. The quantitative estimate of drug-likeness (QED) is 0.472. The van der Waals surface area contributed by atoms with Crippen molar-refractivity contribution in [1.29, 1.82) is 0 Å². The number of rotatable bonds is 5. The highest BCUT2D eigenvalue weighted by atomic mass is 16.4. The molecule has 0 heterocycles. The van der Waals surface area contributed by atoms with Gasteiger partial charge in [0.05, 0.1) is 17.8 Å². The Bertz CT molecular complexity index is 322. The van der Waals surface area contributed by atoms with Crippen molar-refractivity contribution < 1.29 is 24.6 Å². The number of hydrogen-bond donors (Lipinski definition) is 4. The molecule has 1 amide bonds. The average molecular weight is 244 g/mol. The van der Waals surface area contributed by atoms with E-state index in [1.54, 1.807) is 7.05 Å². The number of amides is 1. The van der Waals surface area contributed by atoms with Crippen molar-refractivity contribution in [3.05, 3.63) is 0 Å². The minimum Gasteiger partial charge on any atom is -0.481 e. The second-order valence-electron chi connectivity index (χ2n) is 4.09. The van der Waals surface area contributed by atoms with Crippen molar-refractivity contribution in [2.24, 2.45) is 23.7 Å². The zero-order valence-corrected chi connectivity index (χ0v) is 9.64. The Balaban J connectivity index is 2.95. The summed E-state index contributed by atoms with van der Waals surface area (Å²) in [5, 5.41) is 23.2. The van der Waals surface area contributed by atoms with E-state index in [2.05, 4.69) is 10.6 Å².